The molecular weight excluding hydrogens is 417 g/mol. The first-order valence-electron chi connectivity index (χ1n) is 14.1. The largest absolute Gasteiger partial charge is 0.282 e. The molecule has 1 unspecified atom stereocenters. The highest BCUT2D eigenvalue weighted by Crippen LogP contribution is 2.45. The van der Waals surface area contributed by atoms with E-state index >= 15 is 0 Å². The van der Waals surface area contributed by atoms with Gasteiger partial charge in [0.15, 0.2) is 6.17 Å². The number of hydrogen-bond acceptors (Lipinski definition) is 0. The number of rotatable bonds is 12. The predicted molar refractivity (Wildman–Crippen MR) is 134 cm³/mol. The van der Waals surface area contributed by atoms with E-state index in [4.69, 9.17) is 0 Å². The highest BCUT2D eigenvalue weighted by molar-refractivity contribution is 5.28. The second-order valence-electron chi connectivity index (χ2n) is 11.1. The van der Waals surface area contributed by atoms with Crippen molar-refractivity contribution < 1.29 is 13.2 Å². The molecular formula is C30H47F3. The molecule has 33 heavy (non-hydrogen) atoms. The highest BCUT2D eigenvalue weighted by Gasteiger charge is 2.40. The van der Waals surface area contributed by atoms with Crippen LogP contribution in [0.5, 0.6) is 0 Å². The summed E-state index contributed by atoms with van der Waals surface area (Å²) in [6.07, 6.45) is 16.8. The van der Waals surface area contributed by atoms with Gasteiger partial charge < -0.3 is 0 Å². The maximum Gasteiger partial charge on any atom is 0.282 e. The van der Waals surface area contributed by atoms with E-state index in [1.54, 1.807) is 19.1 Å². The topological polar surface area (TPSA) is 0 Å². The fraction of sp³-hybridized carbons (Fsp3) is 0.800. The summed E-state index contributed by atoms with van der Waals surface area (Å²) in [6, 6.07) is 7.00. The van der Waals surface area contributed by atoms with Crippen molar-refractivity contribution in [2.24, 2.45) is 17.8 Å². The maximum atomic E-state index is 14.3. The van der Waals surface area contributed by atoms with E-state index in [0.717, 1.165) is 17.8 Å². The molecule has 0 N–H and O–H groups in total. The van der Waals surface area contributed by atoms with Crippen molar-refractivity contribution in [3.05, 3.63) is 35.4 Å². The minimum atomic E-state index is -3.28. The molecule has 0 heterocycles. The van der Waals surface area contributed by atoms with Crippen LogP contribution in [0.2, 0.25) is 0 Å². The second kappa shape index (κ2) is 13.2. The van der Waals surface area contributed by atoms with Gasteiger partial charge in [0.2, 0.25) is 0 Å². The number of unbranched alkanes of at least 4 members (excludes halogenated alkanes) is 4. The number of benzene rings is 1. The monoisotopic (exact) mass is 464 g/mol. The zero-order chi connectivity index (χ0) is 23.7. The predicted octanol–water partition coefficient (Wildman–Crippen LogP) is 10.6. The Labute approximate surface area is 201 Å². The quantitative estimate of drug-likeness (QED) is 0.270. The molecule has 1 aromatic rings. The molecule has 0 spiro atoms. The summed E-state index contributed by atoms with van der Waals surface area (Å²) in [5, 5.41) is 0. The first-order valence-corrected chi connectivity index (χ1v) is 14.1. The van der Waals surface area contributed by atoms with Crippen molar-refractivity contribution in [3.63, 3.8) is 0 Å². The summed E-state index contributed by atoms with van der Waals surface area (Å²) in [5.74, 6) is -0.0139. The van der Waals surface area contributed by atoms with Crippen molar-refractivity contribution >= 4 is 0 Å². The number of halogens is 3. The zero-order valence-electron chi connectivity index (χ0n) is 21.1. The van der Waals surface area contributed by atoms with Crippen LogP contribution in [0.1, 0.15) is 140 Å². The summed E-state index contributed by atoms with van der Waals surface area (Å²) >= 11 is 0. The average molecular weight is 465 g/mol. The Hall–Kier alpha value is -0.990. The molecule has 188 valence electrons. The zero-order valence-corrected chi connectivity index (χ0v) is 21.1. The Bertz CT molecular complexity index is 652. The summed E-state index contributed by atoms with van der Waals surface area (Å²) in [6.45, 7) is 3.95. The lowest BCUT2D eigenvalue weighted by Gasteiger charge is -2.38. The number of alkyl halides is 3. The lowest BCUT2D eigenvalue weighted by Crippen LogP contribution is -2.25. The third-order valence-electron chi connectivity index (χ3n) is 8.70. The van der Waals surface area contributed by atoms with Gasteiger partial charge in [0, 0.05) is 6.42 Å². The standard InChI is InChI=1S/C30H47F3/c1-3-5-6-7-8-9-23-10-12-24(13-11-23)25-14-16-26(17-15-25)27-18-20-28(21-19-27)29(31)30(32,33)22-4-2/h18-21,23-26,29H,3-17,22H2,1-2H3/t23-,24-,25?,26?,29?. The van der Waals surface area contributed by atoms with Gasteiger partial charge in [0.1, 0.15) is 0 Å². The SMILES string of the molecule is CCCCCCC[C@H]1CC[C@H](C2CCC(c3ccc(C(F)C(F)(F)CCC)cc3)CC2)CC1. The molecule has 0 bridgehead atoms. The maximum absolute atomic E-state index is 14.3. The van der Waals surface area contributed by atoms with E-state index < -0.39 is 18.5 Å². The van der Waals surface area contributed by atoms with Gasteiger partial charge in [-0.15, -0.1) is 0 Å². The van der Waals surface area contributed by atoms with Crippen LogP contribution < -0.4 is 0 Å². The summed E-state index contributed by atoms with van der Waals surface area (Å²) in [7, 11) is 0. The highest BCUT2D eigenvalue weighted by atomic mass is 19.3. The fourth-order valence-corrected chi connectivity index (χ4v) is 6.55. The smallest absolute Gasteiger partial charge is 0.236 e. The first-order chi connectivity index (χ1) is 15.9. The molecule has 1 aromatic carbocycles. The van der Waals surface area contributed by atoms with Gasteiger partial charge in [-0.3, -0.25) is 0 Å². The van der Waals surface area contributed by atoms with Crippen LogP contribution in [-0.4, -0.2) is 5.92 Å². The van der Waals surface area contributed by atoms with E-state index in [0.29, 0.717) is 5.92 Å². The fourth-order valence-electron chi connectivity index (χ4n) is 6.55. The molecule has 0 saturated heterocycles. The van der Waals surface area contributed by atoms with Crippen LogP contribution in [0.4, 0.5) is 13.2 Å². The lowest BCUT2D eigenvalue weighted by molar-refractivity contribution is -0.0807. The summed E-state index contributed by atoms with van der Waals surface area (Å²) in [5.41, 5.74) is 1.32. The van der Waals surface area contributed by atoms with Crippen molar-refractivity contribution in [2.45, 2.75) is 135 Å². The van der Waals surface area contributed by atoms with Gasteiger partial charge in [0.25, 0.3) is 5.92 Å². The van der Waals surface area contributed by atoms with E-state index in [9.17, 15) is 13.2 Å². The number of hydrogen-bond donors (Lipinski definition) is 0. The first kappa shape index (κ1) is 26.6. The molecule has 3 rings (SSSR count). The Balaban J connectivity index is 1.39. The van der Waals surface area contributed by atoms with E-state index in [2.05, 4.69) is 6.92 Å². The molecule has 0 aromatic heterocycles. The Morgan fingerprint density at radius 3 is 1.91 bits per heavy atom. The molecule has 2 aliphatic rings. The van der Waals surface area contributed by atoms with Crippen LogP contribution >= 0.6 is 0 Å². The van der Waals surface area contributed by atoms with Gasteiger partial charge in [-0.1, -0.05) is 95.9 Å². The molecule has 0 nitrogen and oxygen atoms in total. The van der Waals surface area contributed by atoms with Crippen molar-refractivity contribution in [1.82, 2.24) is 0 Å². The van der Waals surface area contributed by atoms with Crippen molar-refractivity contribution in [1.29, 1.82) is 0 Å². The van der Waals surface area contributed by atoms with Gasteiger partial charge in [-0.05, 0) is 73.3 Å². The minimum absolute atomic E-state index is 0.119. The van der Waals surface area contributed by atoms with Gasteiger partial charge in [-0.2, -0.15) is 0 Å². The van der Waals surface area contributed by atoms with Crippen LogP contribution in [0.3, 0.4) is 0 Å². The van der Waals surface area contributed by atoms with Crippen molar-refractivity contribution in [3.8, 4) is 0 Å². The Kier molecular flexibility index (Phi) is 10.6. The van der Waals surface area contributed by atoms with Crippen molar-refractivity contribution in [2.75, 3.05) is 0 Å². The van der Waals surface area contributed by atoms with Crippen LogP contribution in [0.25, 0.3) is 0 Å². The van der Waals surface area contributed by atoms with Crippen LogP contribution in [-0.2, 0) is 0 Å². The lowest BCUT2D eigenvalue weighted by atomic mass is 9.68. The third-order valence-corrected chi connectivity index (χ3v) is 8.70. The Morgan fingerprint density at radius 2 is 1.33 bits per heavy atom. The molecule has 2 aliphatic carbocycles. The molecule has 3 heteroatoms. The summed E-state index contributed by atoms with van der Waals surface area (Å²) in [4.78, 5) is 0. The van der Waals surface area contributed by atoms with E-state index in [1.807, 2.05) is 12.1 Å². The van der Waals surface area contributed by atoms with Gasteiger partial charge >= 0.3 is 0 Å². The molecule has 2 fully saturated rings. The van der Waals surface area contributed by atoms with Crippen LogP contribution in [0.15, 0.2) is 24.3 Å². The van der Waals surface area contributed by atoms with E-state index in [-0.39, 0.29) is 12.0 Å². The molecule has 0 amide bonds. The Morgan fingerprint density at radius 1 is 0.758 bits per heavy atom. The van der Waals surface area contributed by atoms with Gasteiger partial charge in [-0.25, -0.2) is 13.2 Å². The second-order valence-corrected chi connectivity index (χ2v) is 11.1. The molecule has 1 atom stereocenters. The molecule has 0 aliphatic heterocycles. The van der Waals surface area contributed by atoms with Gasteiger partial charge in [0.05, 0.1) is 0 Å². The molecule has 2 saturated carbocycles. The summed E-state index contributed by atoms with van der Waals surface area (Å²) < 4.78 is 42.2. The minimum Gasteiger partial charge on any atom is -0.236 e. The molecule has 0 radical (unpaired) electrons. The third kappa shape index (κ3) is 7.76. The normalized spacial score (nSPS) is 27.4. The average Bonchev–Trinajstić information content (AvgIpc) is 2.84. The van der Waals surface area contributed by atoms with Crippen LogP contribution in [0, 0.1) is 17.8 Å². The van der Waals surface area contributed by atoms with E-state index in [1.165, 1.54) is 95.5 Å².